The molecule has 1 rings (SSSR count). The van der Waals surface area contributed by atoms with Crippen LogP contribution in [0.1, 0.15) is 34.1 Å². The Hall–Kier alpha value is -0.770. The van der Waals surface area contributed by atoms with Crippen molar-refractivity contribution in [3.63, 3.8) is 0 Å². The fourth-order valence-electron chi connectivity index (χ4n) is 1.83. The van der Waals surface area contributed by atoms with Crippen molar-refractivity contribution in [2.75, 3.05) is 19.8 Å². The third-order valence-corrected chi connectivity index (χ3v) is 2.70. The lowest BCUT2D eigenvalue weighted by Crippen LogP contribution is -2.49. The first kappa shape index (κ1) is 13.3. The van der Waals surface area contributed by atoms with Gasteiger partial charge in [-0.3, -0.25) is 0 Å². The van der Waals surface area contributed by atoms with Gasteiger partial charge in [0.1, 0.15) is 0 Å². The number of rotatable bonds is 4. The molecular weight excluding hydrogens is 204 g/mol. The highest BCUT2D eigenvalue weighted by atomic mass is 16.5. The Balaban J connectivity index is 2.46. The molecule has 1 saturated heterocycles. The Morgan fingerprint density at radius 2 is 2.12 bits per heavy atom. The van der Waals surface area contributed by atoms with E-state index in [0.29, 0.717) is 12.5 Å². The standard InChI is InChI=1S/C12H24N2O2/c1-9(2)7-14(10(3)4)12(15)13-11-5-6-16-8-11/h9-11H,5-8H2,1-4H3,(H,13,15). The van der Waals surface area contributed by atoms with Gasteiger partial charge in [-0.1, -0.05) is 13.8 Å². The van der Waals surface area contributed by atoms with Crippen LogP contribution in [0.2, 0.25) is 0 Å². The Labute approximate surface area is 98.3 Å². The maximum absolute atomic E-state index is 12.0. The quantitative estimate of drug-likeness (QED) is 0.798. The van der Waals surface area contributed by atoms with E-state index in [0.717, 1.165) is 19.6 Å². The lowest BCUT2D eigenvalue weighted by Gasteiger charge is -2.29. The number of amides is 2. The number of urea groups is 1. The first-order valence-electron chi connectivity index (χ1n) is 6.15. The van der Waals surface area contributed by atoms with E-state index in [9.17, 15) is 4.79 Å². The van der Waals surface area contributed by atoms with Gasteiger partial charge in [-0.05, 0) is 26.2 Å². The van der Waals surface area contributed by atoms with Crippen LogP contribution in [0.5, 0.6) is 0 Å². The van der Waals surface area contributed by atoms with E-state index in [1.165, 1.54) is 0 Å². The highest BCUT2D eigenvalue weighted by Gasteiger charge is 2.23. The Kier molecular flexibility index (Phi) is 5.06. The first-order valence-corrected chi connectivity index (χ1v) is 6.15. The Morgan fingerprint density at radius 3 is 2.56 bits per heavy atom. The summed E-state index contributed by atoms with van der Waals surface area (Å²) in [6.07, 6.45) is 0.930. The van der Waals surface area contributed by atoms with Gasteiger partial charge < -0.3 is 15.0 Å². The zero-order chi connectivity index (χ0) is 12.1. The highest BCUT2D eigenvalue weighted by molar-refractivity contribution is 5.74. The molecule has 1 fully saturated rings. The zero-order valence-electron chi connectivity index (χ0n) is 10.8. The predicted molar refractivity (Wildman–Crippen MR) is 64.4 cm³/mol. The number of ether oxygens (including phenoxy) is 1. The molecule has 4 nitrogen and oxygen atoms in total. The number of hydrogen-bond donors (Lipinski definition) is 1. The van der Waals surface area contributed by atoms with Crippen LogP contribution in [-0.2, 0) is 4.74 Å². The molecule has 0 bridgehead atoms. The summed E-state index contributed by atoms with van der Waals surface area (Å²) in [4.78, 5) is 13.9. The maximum Gasteiger partial charge on any atom is 0.317 e. The van der Waals surface area contributed by atoms with Crippen LogP contribution in [-0.4, -0.2) is 42.8 Å². The van der Waals surface area contributed by atoms with Crippen molar-refractivity contribution in [3.05, 3.63) is 0 Å². The fraction of sp³-hybridized carbons (Fsp3) is 0.917. The molecule has 1 heterocycles. The van der Waals surface area contributed by atoms with Crippen LogP contribution in [0, 0.1) is 5.92 Å². The second kappa shape index (κ2) is 6.09. The average Bonchev–Trinajstić information content (AvgIpc) is 2.65. The van der Waals surface area contributed by atoms with E-state index in [2.05, 4.69) is 19.2 Å². The van der Waals surface area contributed by atoms with Gasteiger partial charge in [-0.15, -0.1) is 0 Å². The van der Waals surface area contributed by atoms with Gasteiger partial charge in [0.2, 0.25) is 0 Å². The molecule has 1 atom stereocenters. The van der Waals surface area contributed by atoms with Crippen LogP contribution in [0.15, 0.2) is 0 Å². The van der Waals surface area contributed by atoms with Gasteiger partial charge in [-0.25, -0.2) is 4.79 Å². The molecule has 0 aromatic heterocycles. The fourth-order valence-corrected chi connectivity index (χ4v) is 1.83. The van der Waals surface area contributed by atoms with Gasteiger partial charge in [0.05, 0.1) is 12.6 Å². The molecule has 1 unspecified atom stereocenters. The third kappa shape index (κ3) is 4.00. The van der Waals surface area contributed by atoms with Gasteiger partial charge in [-0.2, -0.15) is 0 Å². The van der Waals surface area contributed by atoms with Gasteiger partial charge in [0, 0.05) is 19.2 Å². The summed E-state index contributed by atoms with van der Waals surface area (Å²) in [7, 11) is 0. The lowest BCUT2D eigenvalue weighted by atomic mass is 10.2. The van der Waals surface area contributed by atoms with Crippen molar-refractivity contribution >= 4 is 6.03 Å². The molecular formula is C12H24N2O2. The smallest absolute Gasteiger partial charge is 0.317 e. The van der Waals surface area contributed by atoms with Crippen molar-refractivity contribution < 1.29 is 9.53 Å². The molecule has 0 aromatic carbocycles. The molecule has 0 radical (unpaired) electrons. The van der Waals surface area contributed by atoms with Crippen LogP contribution in [0.25, 0.3) is 0 Å². The Bertz CT molecular complexity index is 223. The summed E-state index contributed by atoms with van der Waals surface area (Å²) in [5.74, 6) is 0.493. The molecule has 4 heteroatoms. The molecule has 0 aliphatic carbocycles. The zero-order valence-corrected chi connectivity index (χ0v) is 10.8. The SMILES string of the molecule is CC(C)CN(C(=O)NC1CCOC1)C(C)C. The van der Waals surface area contributed by atoms with Gasteiger partial charge in [0.25, 0.3) is 0 Å². The number of hydrogen-bond acceptors (Lipinski definition) is 2. The van der Waals surface area contributed by atoms with Crippen molar-refractivity contribution in [3.8, 4) is 0 Å². The molecule has 1 aliphatic heterocycles. The van der Waals surface area contributed by atoms with Crippen LogP contribution in [0.4, 0.5) is 4.79 Å². The summed E-state index contributed by atoms with van der Waals surface area (Å²) in [5.41, 5.74) is 0. The number of nitrogens with zero attached hydrogens (tertiary/aromatic N) is 1. The summed E-state index contributed by atoms with van der Waals surface area (Å²) < 4.78 is 5.25. The van der Waals surface area contributed by atoms with E-state index >= 15 is 0 Å². The third-order valence-electron chi connectivity index (χ3n) is 2.70. The van der Waals surface area contributed by atoms with Crippen LogP contribution < -0.4 is 5.32 Å². The lowest BCUT2D eigenvalue weighted by molar-refractivity contribution is 0.163. The summed E-state index contributed by atoms with van der Waals surface area (Å²) in [5, 5.41) is 3.03. The minimum Gasteiger partial charge on any atom is -0.379 e. The largest absolute Gasteiger partial charge is 0.379 e. The van der Waals surface area contributed by atoms with Gasteiger partial charge >= 0.3 is 6.03 Å². The number of nitrogens with one attached hydrogen (secondary N) is 1. The Morgan fingerprint density at radius 1 is 1.44 bits per heavy atom. The number of carbonyl (C=O) groups excluding carboxylic acids is 1. The molecule has 16 heavy (non-hydrogen) atoms. The van der Waals surface area contributed by atoms with Crippen molar-refractivity contribution in [1.82, 2.24) is 10.2 Å². The minimum atomic E-state index is 0.0409. The van der Waals surface area contributed by atoms with Crippen LogP contribution in [0.3, 0.4) is 0 Å². The van der Waals surface area contributed by atoms with Crippen molar-refractivity contribution in [2.45, 2.75) is 46.2 Å². The summed E-state index contributed by atoms with van der Waals surface area (Å²) >= 11 is 0. The van der Waals surface area contributed by atoms with Crippen LogP contribution >= 0.6 is 0 Å². The second-order valence-electron chi connectivity index (χ2n) is 5.15. The van der Waals surface area contributed by atoms with E-state index in [-0.39, 0.29) is 18.1 Å². The van der Waals surface area contributed by atoms with Crippen molar-refractivity contribution in [1.29, 1.82) is 0 Å². The predicted octanol–water partition coefficient (Wildman–Crippen LogP) is 1.85. The average molecular weight is 228 g/mol. The van der Waals surface area contributed by atoms with E-state index in [1.54, 1.807) is 0 Å². The normalized spacial score (nSPS) is 20.5. The molecule has 1 aliphatic rings. The second-order valence-corrected chi connectivity index (χ2v) is 5.15. The van der Waals surface area contributed by atoms with E-state index < -0.39 is 0 Å². The molecule has 1 N–H and O–H groups in total. The maximum atomic E-state index is 12.0. The van der Waals surface area contributed by atoms with E-state index in [1.807, 2.05) is 18.7 Å². The molecule has 2 amide bonds. The number of carbonyl (C=O) groups is 1. The van der Waals surface area contributed by atoms with Crippen molar-refractivity contribution in [2.24, 2.45) is 5.92 Å². The molecule has 0 saturated carbocycles. The first-order chi connectivity index (χ1) is 7.50. The van der Waals surface area contributed by atoms with Gasteiger partial charge in [0.15, 0.2) is 0 Å². The highest BCUT2D eigenvalue weighted by Crippen LogP contribution is 2.08. The summed E-state index contributed by atoms with van der Waals surface area (Å²) in [6, 6.07) is 0.477. The minimum absolute atomic E-state index is 0.0409. The summed E-state index contributed by atoms with van der Waals surface area (Å²) in [6.45, 7) is 10.6. The monoisotopic (exact) mass is 228 g/mol. The topological polar surface area (TPSA) is 41.6 Å². The molecule has 94 valence electrons. The molecule has 0 aromatic rings. The van der Waals surface area contributed by atoms with E-state index in [4.69, 9.17) is 4.74 Å². The molecule has 0 spiro atoms.